The highest BCUT2D eigenvalue weighted by molar-refractivity contribution is 4.92. The molecule has 0 aromatic rings. The minimum atomic E-state index is -0.202. The molecule has 0 radical (unpaired) electrons. The largest absolute Gasteiger partial charge is 0.380 e. The zero-order valence-corrected chi connectivity index (χ0v) is 8.47. The van der Waals surface area contributed by atoms with E-state index >= 15 is 0 Å². The summed E-state index contributed by atoms with van der Waals surface area (Å²) in [5.41, 5.74) is -0.202. The first kappa shape index (κ1) is 10.5. The molecule has 0 amide bonds. The molecule has 0 spiro atoms. The number of hydrogen-bond acceptors (Lipinski definition) is 3. The average Bonchev–Trinajstić information content (AvgIpc) is 2.57. The van der Waals surface area contributed by atoms with Crippen LogP contribution in [0.25, 0.3) is 0 Å². The van der Waals surface area contributed by atoms with Gasteiger partial charge in [0.1, 0.15) is 0 Å². The number of ether oxygens (including phenoxy) is 1. The van der Waals surface area contributed by atoms with Gasteiger partial charge in [-0.3, -0.25) is 0 Å². The molecular formula is C10H18N2O. The third kappa shape index (κ3) is 3.75. The number of rotatable bonds is 4. The predicted octanol–water partition coefficient (Wildman–Crippen LogP) is 1.30. The first-order valence-corrected chi connectivity index (χ1v) is 4.86. The third-order valence-corrected chi connectivity index (χ3v) is 2.42. The smallest absolute Gasteiger partial charge is 0.0684 e. The Bertz CT molecular complexity index is 190. The van der Waals surface area contributed by atoms with Gasteiger partial charge < -0.3 is 10.1 Å². The zero-order chi connectivity index (χ0) is 9.73. The molecule has 0 aromatic carbocycles. The fourth-order valence-corrected chi connectivity index (χ4v) is 1.34. The van der Waals surface area contributed by atoms with E-state index in [1.165, 1.54) is 0 Å². The van der Waals surface area contributed by atoms with Crippen LogP contribution in [0.3, 0.4) is 0 Å². The van der Waals surface area contributed by atoms with E-state index in [2.05, 4.69) is 11.4 Å². The van der Waals surface area contributed by atoms with Gasteiger partial charge in [-0.15, -0.1) is 0 Å². The average molecular weight is 182 g/mol. The Morgan fingerprint density at radius 1 is 1.62 bits per heavy atom. The lowest BCUT2D eigenvalue weighted by molar-refractivity contribution is 0.189. The van der Waals surface area contributed by atoms with Crippen LogP contribution in [0.2, 0.25) is 0 Å². The highest BCUT2D eigenvalue weighted by Gasteiger charge is 2.18. The summed E-state index contributed by atoms with van der Waals surface area (Å²) in [5.74, 6) is 0. The topological polar surface area (TPSA) is 45.0 Å². The second kappa shape index (κ2) is 4.59. The van der Waals surface area contributed by atoms with Crippen molar-refractivity contribution in [3.05, 3.63) is 0 Å². The molecular weight excluding hydrogens is 164 g/mol. The molecule has 74 valence electrons. The molecule has 1 N–H and O–H groups in total. The van der Waals surface area contributed by atoms with Crippen molar-refractivity contribution >= 4 is 0 Å². The number of nitriles is 1. The molecule has 1 aliphatic rings. The molecule has 3 heteroatoms. The standard InChI is InChI=1S/C10H18N2O/c1-10(2,8-11)4-5-12-9-3-6-13-7-9/h9,12H,3-7H2,1-2H3. The Balaban J connectivity index is 2.10. The second-order valence-electron chi connectivity index (χ2n) is 4.26. The lowest BCUT2D eigenvalue weighted by Crippen LogP contribution is -2.32. The summed E-state index contributed by atoms with van der Waals surface area (Å²) < 4.78 is 5.24. The van der Waals surface area contributed by atoms with Crippen molar-refractivity contribution in [2.24, 2.45) is 5.41 Å². The van der Waals surface area contributed by atoms with Crippen molar-refractivity contribution in [1.29, 1.82) is 5.26 Å². The summed E-state index contributed by atoms with van der Waals surface area (Å²) in [7, 11) is 0. The lowest BCUT2D eigenvalue weighted by Gasteiger charge is -2.17. The molecule has 1 fully saturated rings. The van der Waals surface area contributed by atoms with E-state index in [1.54, 1.807) is 0 Å². The second-order valence-corrected chi connectivity index (χ2v) is 4.26. The number of hydrogen-bond donors (Lipinski definition) is 1. The van der Waals surface area contributed by atoms with Crippen molar-refractivity contribution in [2.45, 2.75) is 32.7 Å². The first-order valence-electron chi connectivity index (χ1n) is 4.86. The van der Waals surface area contributed by atoms with Gasteiger partial charge in [-0.2, -0.15) is 5.26 Å². The van der Waals surface area contributed by atoms with Gasteiger partial charge in [0.15, 0.2) is 0 Å². The normalized spacial score (nSPS) is 23.0. The van der Waals surface area contributed by atoms with E-state index < -0.39 is 0 Å². The van der Waals surface area contributed by atoms with Crippen LogP contribution in [0.1, 0.15) is 26.7 Å². The number of nitrogens with zero attached hydrogens (tertiary/aromatic N) is 1. The Morgan fingerprint density at radius 2 is 2.38 bits per heavy atom. The van der Waals surface area contributed by atoms with Gasteiger partial charge >= 0.3 is 0 Å². The van der Waals surface area contributed by atoms with Crippen molar-refractivity contribution < 1.29 is 4.74 Å². The van der Waals surface area contributed by atoms with Crippen LogP contribution in [0.4, 0.5) is 0 Å². The van der Waals surface area contributed by atoms with Crippen LogP contribution >= 0.6 is 0 Å². The molecule has 1 heterocycles. The maximum Gasteiger partial charge on any atom is 0.0684 e. The molecule has 1 atom stereocenters. The molecule has 0 bridgehead atoms. The molecule has 13 heavy (non-hydrogen) atoms. The van der Waals surface area contributed by atoms with Crippen molar-refractivity contribution in [3.8, 4) is 6.07 Å². The van der Waals surface area contributed by atoms with Crippen LogP contribution < -0.4 is 5.32 Å². The maximum atomic E-state index is 8.78. The summed E-state index contributed by atoms with van der Waals surface area (Å²) in [5, 5.41) is 12.2. The molecule has 3 nitrogen and oxygen atoms in total. The van der Waals surface area contributed by atoms with E-state index in [9.17, 15) is 0 Å². The summed E-state index contributed by atoms with van der Waals surface area (Å²) in [6.45, 7) is 6.56. The van der Waals surface area contributed by atoms with Gasteiger partial charge in [0.2, 0.25) is 0 Å². The van der Waals surface area contributed by atoms with Crippen LogP contribution in [-0.4, -0.2) is 25.8 Å². The minimum absolute atomic E-state index is 0.202. The van der Waals surface area contributed by atoms with Gasteiger partial charge in [-0.1, -0.05) is 0 Å². The minimum Gasteiger partial charge on any atom is -0.380 e. The van der Waals surface area contributed by atoms with E-state index in [0.717, 1.165) is 32.6 Å². The van der Waals surface area contributed by atoms with Crippen LogP contribution in [0.5, 0.6) is 0 Å². The van der Waals surface area contributed by atoms with Crippen molar-refractivity contribution in [1.82, 2.24) is 5.32 Å². The van der Waals surface area contributed by atoms with Gasteiger partial charge in [-0.05, 0) is 33.2 Å². The Morgan fingerprint density at radius 3 is 2.92 bits per heavy atom. The maximum absolute atomic E-state index is 8.78. The molecule has 0 aromatic heterocycles. The van der Waals surface area contributed by atoms with E-state index in [1.807, 2.05) is 13.8 Å². The molecule has 1 unspecified atom stereocenters. The van der Waals surface area contributed by atoms with E-state index in [-0.39, 0.29) is 5.41 Å². The fraction of sp³-hybridized carbons (Fsp3) is 0.900. The lowest BCUT2D eigenvalue weighted by atomic mass is 9.91. The molecule has 1 saturated heterocycles. The molecule has 0 aliphatic carbocycles. The van der Waals surface area contributed by atoms with Crippen molar-refractivity contribution in [3.63, 3.8) is 0 Å². The van der Waals surface area contributed by atoms with Crippen molar-refractivity contribution in [2.75, 3.05) is 19.8 Å². The fourth-order valence-electron chi connectivity index (χ4n) is 1.34. The Labute approximate surface area is 80.1 Å². The highest BCUT2D eigenvalue weighted by Crippen LogP contribution is 2.17. The van der Waals surface area contributed by atoms with E-state index in [0.29, 0.717) is 6.04 Å². The van der Waals surface area contributed by atoms with Crippen LogP contribution in [0.15, 0.2) is 0 Å². The third-order valence-electron chi connectivity index (χ3n) is 2.42. The van der Waals surface area contributed by atoms with Gasteiger partial charge in [-0.25, -0.2) is 0 Å². The summed E-state index contributed by atoms with van der Waals surface area (Å²) in [6.07, 6.45) is 2.01. The summed E-state index contributed by atoms with van der Waals surface area (Å²) in [6, 6.07) is 2.80. The zero-order valence-electron chi connectivity index (χ0n) is 8.47. The molecule has 1 rings (SSSR count). The quantitative estimate of drug-likeness (QED) is 0.713. The van der Waals surface area contributed by atoms with Crippen LogP contribution in [0, 0.1) is 16.7 Å². The van der Waals surface area contributed by atoms with Gasteiger partial charge in [0, 0.05) is 12.6 Å². The van der Waals surface area contributed by atoms with Gasteiger partial charge in [0.25, 0.3) is 0 Å². The van der Waals surface area contributed by atoms with Crippen LogP contribution in [-0.2, 0) is 4.74 Å². The molecule has 0 saturated carbocycles. The first-order chi connectivity index (χ1) is 6.14. The summed E-state index contributed by atoms with van der Waals surface area (Å²) in [4.78, 5) is 0. The monoisotopic (exact) mass is 182 g/mol. The predicted molar refractivity (Wildman–Crippen MR) is 51.2 cm³/mol. The Kier molecular flexibility index (Phi) is 3.71. The van der Waals surface area contributed by atoms with Gasteiger partial charge in [0.05, 0.1) is 18.1 Å². The SMILES string of the molecule is CC(C)(C#N)CCNC1CCOC1. The highest BCUT2D eigenvalue weighted by atomic mass is 16.5. The molecule has 1 aliphatic heterocycles. The number of nitrogens with one attached hydrogen (secondary N) is 1. The Hall–Kier alpha value is -0.590. The van der Waals surface area contributed by atoms with E-state index in [4.69, 9.17) is 10.00 Å². The summed E-state index contributed by atoms with van der Waals surface area (Å²) >= 11 is 0.